The molecule has 1 aliphatic carbocycles. The molecule has 2 aromatic rings. The number of hydrogen-bond acceptors (Lipinski definition) is 3. The highest BCUT2D eigenvalue weighted by molar-refractivity contribution is 5.43. The van der Waals surface area contributed by atoms with Crippen LogP contribution in [0.15, 0.2) is 36.4 Å². The summed E-state index contributed by atoms with van der Waals surface area (Å²) in [6.45, 7) is 3.41. The van der Waals surface area contributed by atoms with Crippen LogP contribution in [0.5, 0.6) is 17.2 Å². The molecular weight excluding hydrogens is 300 g/mol. The lowest BCUT2D eigenvalue weighted by Gasteiger charge is -2.12. The average Bonchev–Trinajstić information content (AvgIpc) is 3.09. The van der Waals surface area contributed by atoms with Crippen LogP contribution < -0.4 is 14.2 Å². The topological polar surface area (TPSA) is 27.7 Å². The summed E-state index contributed by atoms with van der Waals surface area (Å²) in [5.74, 6) is 2.57. The van der Waals surface area contributed by atoms with E-state index >= 15 is 0 Å². The minimum atomic E-state index is 0.618. The molecule has 0 unspecified atom stereocenters. The third-order valence-corrected chi connectivity index (χ3v) is 4.52. The Morgan fingerprint density at radius 3 is 2.54 bits per heavy atom. The van der Waals surface area contributed by atoms with E-state index in [0.29, 0.717) is 13.2 Å². The van der Waals surface area contributed by atoms with Crippen molar-refractivity contribution >= 4 is 0 Å². The molecule has 128 valence electrons. The first-order chi connectivity index (χ1) is 11.8. The van der Waals surface area contributed by atoms with Crippen molar-refractivity contribution in [3.63, 3.8) is 0 Å². The minimum Gasteiger partial charge on any atom is -0.493 e. The van der Waals surface area contributed by atoms with Crippen molar-refractivity contribution < 1.29 is 14.2 Å². The van der Waals surface area contributed by atoms with Gasteiger partial charge in [-0.25, -0.2) is 0 Å². The lowest BCUT2D eigenvalue weighted by atomic mass is 10.1. The molecule has 0 atom stereocenters. The van der Waals surface area contributed by atoms with Gasteiger partial charge in [0.1, 0.15) is 5.75 Å². The molecule has 24 heavy (non-hydrogen) atoms. The first kappa shape index (κ1) is 16.7. The minimum absolute atomic E-state index is 0.618. The third-order valence-electron chi connectivity index (χ3n) is 4.52. The van der Waals surface area contributed by atoms with E-state index in [1.807, 2.05) is 12.1 Å². The van der Waals surface area contributed by atoms with Crippen molar-refractivity contribution in [1.29, 1.82) is 0 Å². The molecule has 3 heteroatoms. The SMILES string of the molecule is CCc1ccc(OCCCOc2ccc3c(c2)CCC3)c(OC)c1. The highest BCUT2D eigenvalue weighted by atomic mass is 16.5. The second-order valence-electron chi connectivity index (χ2n) is 6.17. The molecule has 1 aliphatic rings. The van der Waals surface area contributed by atoms with Gasteiger partial charge in [-0.2, -0.15) is 0 Å². The van der Waals surface area contributed by atoms with Gasteiger partial charge in [0.25, 0.3) is 0 Å². The van der Waals surface area contributed by atoms with Crippen LogP contribution in [0.25, 0.3) is 0 Å². The predicted molar refractivity (Wildman–Crippen MR) is 96.4 cm³/mol. The fourth-order valence-electron chi connectivity index (χ4n) is 3.12. The zero-order valence-electron chi connectivity index (χ0n) is 14.6. The summed E-state index contributed by atoms with van der Waals surface area (Å²) < 4.78 is 17.1. The first-order valence-corrected chi connectivity index (χ1v) is 8.84. The zero-order valence-corrected chi connectivity index (χ0v) is 14.6. The van der Waals surface area contributed by atoms with E-state index in [1.165, 1.54) is 36.0 Å². The summed E-state index contributed by atoms with van der Waals surface area (Å²) in [4.78, 5) is 0. The molecule has 0 heterocycles. The summed E-state index contributed by atoms with van der Waals surface area (Å²) in [7, 11) is 1.68. The third kappa shape index (κ3) is 4.02. The van der Waals surface area contributed by atoms with Gasteiger partial charge >= 0.3 is 0 Å². The van der Waals surface area contributed by atoms with E-state index in [1.54, 1.807) is 7.11 Å². The second-order valence-corrected chi connectivity index (χ2v) is 6.17. The Morgan fingerprint density at radius 1 is 0.875 bits per heavy atom. The molecule has 3 nitrogen and oxygen atoms in total. The number of rotatable bonds is 8. The Balaban J connectivity index is 1.44. The standard InChI is InChI=1S/C21H26O3/c1-3-16-8-11-20(21(14-16)22-2)24-13-5-12-23-19-10-9-17-6-4-7-18(17)15-19/h8-11,14-15H,3-7,12-13H2,1-2H3. The molecule has 0 saturated carbocycles. The number of aryl methyl sites for hydroxylation is 3. The van der Waals surface area contributed by atoms with Crippen LogP contribution >= 0.6 is 0 Å². The van der Waals surface area contributed by atoms with Gasteiger partial charge in [0, 0.05) is 6.42 Å². The van der Waals surface area contributed by atoms with E-state index in [2.05, 4.69) is 31.2 Å². The average molecular weight is 326 g/mol. The summed E-state index contributed by atoms with van der Waals surface area (Å²) in [6.07, 6.45) is 5.50. The fourth-order valence-corrected chi connectivity index (χ4v) is 3.12. The van der Waals surface area contributed by atoms with E-state index in [0.717, 1.165) is 30.1 Å². The summed E-state index contributed by atoms with van der Waals surface area (Å²) in [6, 6.07) is 12.6. The van der Waals surface area contributed by atoms with Gasteiger partial charge in [0.15, 0.2) is 11.5 Å². The maximum absolute atomic E-state index is 5.85. The second kappa shape index (κ2) is 8.09. The highest BCUT2D eigenvalue weighted by Crippen LogP contribution is 2.28. The fraction of sp³-hybridized carbons (Fsp3) is 0.429. The van der Waals surface area contributed by atoms with Crippen molar-refractivity contribution in [2.24, 2.45) is 0 Å². The van der Waals surface area contributed by atoms with Crippen LogP contribution in [0, 0.1) is 0 Å². The molecule has 0 saturated heterocycles. The van der Waals surface area contributed by atoms with E-state index in [4.69, 9.17) is 14.2 Å². The Morgan fingerprint density at radius 2 is 1.71 bits per heavy atom. The Bertz CT molecular complexity index is 679. The zero-order chi connectivity index (χ0) is 16.8. The molecule has 0 amide bonds. The number of hydrogen-bond donors (Lipinski definition) is 0. The molecule has 0 fully saturated rings. The Kier molecular flexibility index (Phi) is 5.63. The number of fused-ring (bicyclic) bond motifs is 1. The molecule has 0 aliphatic heterocycles. The quantitative estimate of drug-likeness (QED) is 0.664. The molecule has 0 radical (unpaired) electrons. The lowest BCUT2D eigenvalue weighted by molar-refractivity contribution is 0.240. The van der Waals surface area contributed by atoms with Crippen molar-refractivity contribution in [2.45, 2.75) is 39.0 Å². The maximum atomic E-state index is 5.85. The molecule has 3 rings (SSSR count). The maximum Gasteiger partial charge on any atom is 0.161 e. The molecule has 0 bridgehead atoms. The first-order valence-electron chi connectivity index (χ1n) is 8.84. The largest absolute Gasteiger partial charge is 0.493 e. The molecule has 0 spiro atoms. The molecule has 2 aromatic carbocycles. The van der Waals surface area contributed by atoms with Gasteiger partial charge in [-0.05, 0) is 66.6 Å². The van der Waals surface area contributed by atoms with Gasteiger partial charge in [0.2, 0.25) is 0 Å². The van der Waals surface area contributed by atoms with E-state index in [-0.39, 0.29) is 0 Å². The Hall–Kier alpha value is -2.16. The van der Waals surface area contributed by atoms with E-state index in [9.17, 15) is 0 Å². The summed E-state index contributed by atoms with van der Waals surface area (Å²) in [5, 5.41) is 0. The van der Waals surface area contributed by atoms with Gasteiger partial charge in [-0.3, -0.25) is 0 Å². The van der Waals surface area contributed by atoms with Crippen molar-refractivity contribution in [3.05, 3.63) is 53.1 Å². The van der Waals surface area contributed by atoms with Crippen molar-refractivity contribution in [2.75, 3.05) is 20.3 Å². The van der Waals surface area contributed by atoms with Gasteiger partial charge in [0.05, 0.1) is 20.3 Å². The highest BCUT2D eigenvalue weighted by Gasteiger charge is 2.11. The molecular formula is C21H26O3. The van der Waals surface area contributed by atoms with Gasteiger partial charge in [-0.15, -0.1) is 0 Å². The van der Waals surface area contributed by atoms with Crippen LogP contribution in [-0.2, 0) is 19.3 Å². The van der Waals surface area contributed by atoms with Crippen LogP contribution in [-0.4, -0.2) is 20.3 Å². The summed E-state index contributed by atoms with van der Waals surface area (Å²) in [5.41, 5.74) is 4.18. The van der Waals surface area contributed by atoms with Crippen LogP contribution in [0.3, 0.4) is 0 Å². The van der Waals surface area contributed by atoms with Crippen molar-refractivity contribution in [3.8, 4) is 17.2 Å². The number of methoxy groups -OCH3 is 1. The van der Waals surface area contributed by atoms with Gasteiger partial charge < -0.3 is 14.2 Å². The van der Waals surface area contributed by atoms with Crippen molar-refractivity contribution in [1.82, 2.24) is 0 Å². The normalized spacial score (nSPS) is 12.8. The number of benzene rings is 2. The lowest BCUT2D eigenvalue weighted by Crippen LogP contribution is -2.06. The summed E-state index contributed by atoms with van der Waals surface area (Å²) >= 11 is 0. The van der Waals surface area contributed by atoms with E-state index < -0.39 is 0 Å². The van der Waals surface area contributed by atoms with Crippen LogP contribution in [0.4, 0.5) is 0 Å². The Labute approximate surface area is 144 Å². The smallest absolute Gasteiger partial charge is 0.161 e. The van der Waals surface area contributed by atoms with Gasteiger partial charge in [-0.1, -0.05) is 19.1 Å². The molecule has 0 N–H and O–H groups in total. The monoisotopic (exact) mass is 326 g/mol. The predicted octanol–water partition coefficient (Wildman–Crippen LogP) is 4.59. The van der Waals surface area contributed by atoms with Crippen LogP contribution in [0.2, 0.25) is 0 Å². The molecule has 0 aromatic heterocycles. The number of ether oxygens (including phenoxy) is 3. The van der Waals surface area contributed by atoms with Crippen LogP contribution in [0.1, 0.15) is 36.5 Å².